The molecule has 0 aromatic heterocycles. The fourth-order valence-electron chi connectivity index (χ4n) is 2.29. The van der Waals surface area contributed by atoms with Gasteiger partial charge >= 0.3 is 0 Å². The Labute approximate surface area is 118 Å². The highest BCUT2D eigenvalue weighted by Crippen LogP contribution is 2.36. The van der Waals surface area contributed by atoms with E-state index in [1.807, 2.05) is 6.07 Å². The molecule has 106 valence electrons. The van der Waals surface area contributed by atoms with Crippen LogP contribution in [0.1, 0.15) is 32.3 Å². The molecule has 0 aliphatic carbocycles. The van der Waals surface area contributed by atoms with Crippen LogP contribution in [0.5, 0.6) is 0 Å². The Morgan fingerprint density at radius 3 is 2.95 bits per heavy atom. The number of rotatable bonds is 5. The molecule has 1 saturated heterocycles. The van der Waals surface area contributed by atoms with Crippen LogP contribution < -0.4 is 5.73 Å². The number of nitrogens with two attached hydrogens (primary N) is 1. The molecule has 1 aliphatic heterocycles. The van der Waals surface area contributed by atoms with Crippen LogP contribution in [-0.4, -0.2) is 24.0 Å². The summed E-state index contributed by atoms with van der Waals surface area (Å²) in [6, 6.07) is 5.38. The van der Waals surface area contributed by atoms with Crippen LogP contribution in [-0.2, 0) is 11.2 Å². The first-order chi connectivity index (χ1) is 9.11. The summed E-state index contributed by atoms with van der Waals surface area (Å²) < 4.78 is 19.6. The van der Waals surface area contributed by atoms with Crippen LogP contribution in [0.2, 0.25) is 0 Å². The lowest BCUT2D eigenvalue weighted by Gasteiger charge is -2.18. The van der Waals surface area contributed by atoms with Gasteiger partial charge in [0.1, 0.15) is 5.82 Å². The Morgan fingerprint density at radius 1 is 1.53 bits per heavy atom. The minimum atomic E-state index is -0.134. The van der Waals surface area contributed by atoms with Gasteiger partial charge in [0.2, 0.25) is 0 Å². The van der Waals surface area contributed by atoms with Gasteiger partial charge in [0.05, 0.1) is 6.10 Å². The van der Waals surface area contributed by atoms with Crippen LogP contribution in [0.15, 0.2) is 23.1 Å². The topological polar surface area (TPSA) is 35.2 Å². The lowest BCUT2D eigenvalue weighted by molar-refractivity contribution is 0.127. The number of thioether (sulfide) groups is 1. The van der Waals surface area contributed by atoms with Crippen molar-refractivity contribution in [3.63, 3.8) is 0 Å². The quantitative estimate of drug-likeness (QED) is 0.900. The first-order valence-electron chi connectivity index (χ1n) is 6.93. The van der Waals surface area contributed by atoms with Crippen molar-refractivity contribution in [3.8, 4) is 0 Å². The summed E-state index contributed by atoms with van der Waals surface area (Å²) >= 11 is 1.61. The molecule has 0 amide bonds. The van der Waals surface area contributed by atoms with Gasteiger partial charge in [-0.25, -0.2) is 4.39 Å². The summed E-state index contributed by atoms with van der Waals surface area (Å²) in [4.78, 5) is 0.758. The van der Waals surface area contributed by atoms with Crippen molar-refractivity contribution in [1.82, 2.24) is 0 Å². The standard InChI is InChI=1S/C15H22FNOS/c1-3-12(17)9-11-5-4-6-13(16)15(11)19-14-7-8-18-10(14)2/h4-6,10,12,14H,3,7-9,17H2,1-2H3. The summed E-state index contributed by atoms with van der Waals surface area (Å²) in [7, 11) is 0. The van der Waals surface area contributed by atoms with Crippen LogP contribution >= 0.6 is 11.8 Å². The van der Waals surface area contributed by atoms with Crippen LogP contribution in [0.25, 0.3) is 0 Å². The molecule has 1 fully saturated rings. The zero-order valence-electron chi connectivity index (χ0n) is 11.6. The number of benzene rings is 1. The zero-order valence-corrected chi connectivity index (χ0v) is 12.4. The van der Waals surface area contributed by atoms with Gasteiger partial charge in [-0.05, 0) is 37.8 Å². The van der Waals surface area contributed by atoms with Gasteiger partial charge in [-0.1, -0.05) is 19.1 Å². The van der Waals surface area contributed by atoms with E-state index in [1.165, 1.54) is 6.07 Å². The van der Waals surface area contributed by atoms with Crippen molar-refractivity contribution in [1.29, 1.82) is 0 Å². The van der Waals surface area contributed by atoms with Crippen molar-refractivity contribution in [2.24, 2.45) is 5.73 Å². The summed E-state index contributed by atoms with van der Waals surface area (Å²) in [6.45, 7) is 4.89. The fraction of sp³-hybridized carbons (Fsp3) is 0.600. The third-order valence-corrected chi connectivity index (χ3v) is 5.25. The molecular formula is C15H22FNOS. The molecule has 3 unspecified atom stereocenters. The van der Waals surface area contributed by atoms with E-state index in [0.29, 0.717) is 5.25 Å². The molecule has 2 N–H and O–H groups in total. The van der Waals surface area contributed by atoms with Gasteiger partial charge in [-0.3, -0.25) is 0 Å². The lowest BCUT2D eigenvalue weighted by atomic mass is 10.0. The molecular weight excluding hydrogens is 261 g/mol. The van der Waals surface area contributed by atoms with Gasteiger partial charge in [-0.2, -0.15) is 0 Å². The highest BCUT2D eigenvalue weighted by Gasteiger charge is 2.27. The van der Waals surface area contributed by atoms with Gasteiger partial charge < -0.3 is 10.5 Å². The van der Waals surface area contributed by atoms with Crippen molar-refractivity contribution in [2.75, 3.05) is 6.61 Å². The van der Waals surface area contributed by atoms with Crippen LogP contribution in [0.4, 0.5) is 4.39 Å². The normalized spacial score (nSPS) is 24.6. The number of hydrogen-bond donors (Lipinski definition) is 1. The molecule has 19 heavy (non-hydrogen) atoms. The van der Waals surface area contributed by atoms with E-state index >= 15 is 0 Å². The van der Waals surface area contributed by atoms with E-state index in [0.717, 1.165) is 36.3 Å². The third kappa shape index (κ3) is 3.71. The Hall–Kier alpha value is -0.580. The summed E-state index contributed by atoms with van der Waals surface area (Å²) in [5.74, 6) is -0.134. The summed E-state index contributed by atoms with van der Waals surface area (Å²) in [5.41, 5.74) is 7.03. The maximum atomic E-state index is 14.1. The molecule has 1 heterocycles. The van der Waals surface area contributed by atoms with Crippen LogP contribution in [0, 0.1) is 5.82 Å². The molecule has 4 heteroatoms. The molecule has 1 aliphatic rings. The maximum Gasteiger partial charge on any atom is 0.137 e. The first-order valence-corrected chi connectivity index (χ1v) is 7.81. The Kier molecular flexibility index (Phi) is 5.25. The highest BCUT2D eigenvalue weighted by molar-refractivity contribution is 8.00. The monoisotopic (exact) mass is 283 g/mol. The molecule has 2 rings (SSSR count). The third-order valence-electron chi connectivity index (χ3n) is 3.63. The number of hydrogen-bond acceptors (Lipinski definition) is 3. The molecule has 2 nitrogen and oxygen atoms in total. The summed E-state index contributed by atoms with van der Waals surface area (Å²) in [6.07, 6.45) is 2.82. The zero-order chi connectivity index (χ0) is 13.8. The van der Waals surface area contributed by atoms with E-state index in [9.17, 15) is 4.39 Å². The van der Waals surface area contributed by atoms with Crippen molar-refractivity contribution in [3.05, 3.63) is 29.6 Å². The SMILES string of the molecule is CCC(N)Cc1cccc(F)c1SC1CCOC1C. The molecule has 0 radical (unpaired) electrons. The average molecular weight is 283 g/mol. The van der Waals surface area contributed by atoms with E-state index in [4.69, 9.17) is 10.5 Å². The van der Waals surface area contributed by atoms with E-state index in [-0.39, 0.29) is 18.0 Å². The number of ether oxygens (including phenoxy) is 1. The molecule has 1 aromatic carbocycles. The molecule has 0 saturated carbocycles. The predicted molar refractivity (Wildman–Crippen MR) is 78.0 cm³/mol. The van der Waals surface area contributed by atoms with Gasteiger partial charge in [0.25, 0.3) is 0 Å². The second-order valence-corrected chi connectivity index (χ2v) is 6.37. The van der Waals surface area contributed by atoms with Crippen molar-refractivity contribution in [2.45, 2.75) is 55.4 Å². The molecule has 0 bridgehead atoms. The maximum absolute atomic E-state index is 14.1. The van der Waals surface area contributed by atoms with E-state index in [1.54, 1.807) is 17.8 Å². The van der Waals surface area contributed by atoms with Crippen molar-refractivity contribution >= 4 is 11.8 Å². The smallest absolute Gasteiger partial charge is 0.137 e. The predicted octanol–water partition coefficient (Wildman–Crippen LogP) is 3.38. The molecule has 1 aromatic rings. The second kappa shape index (κ2) is 6.73. The molecule has 3 atom stereocenters. The Balaban J connectivity index is 2.17. The van der Waals surface area contributed by atoms with Crippen LogP contribution in [0.3, 0.4) is 0 Å². The number of halogens is 1. The average Bonchev–Trinajstić information content (AvgIpc) is 2.79. The lowest BCUT2D eigenvalue weighted by Crippen LogP contribution is -2.22. The Bertz CT molecular complexity index is 427. The van der Waals surface area contributed by atoms with Gasteiger partial charge in [0.15, 0.2) is 0 Å². The minimum absolute atomic E-state index is 0.0957. The molecule has 0 spiro atoms. The van der Waals surface area contributed by atoms with Gasteiger partial charge in [0, 0.05) is 22.8 Å². The minimum Gasteiger partial charge on any atom is -0.377 e. The summed E-state index contributed by atoms with van der Waals surface area (Å²) in [5, 5.41) is 0.341. The first kappa shape index (κ1) is 14.8. The fourth-order valence-corrected chi connectivity index (χ4v) is 3.56. The second-order valence-electron chi connectivity index (χ2n) is 5.12. The highest BCUT2D eigenvalue weighted by atomic mass is 32.2. The van der Waals surface area contributed by atoms with Crippen molar-refractivity contribution < 1.29 is 9.13 Å². The van der Waals surface area contributed by atoms with E-state index in [2.05, 4.69) is 13.8 Å². The van der Waals surface area contributed by atoms with E-state index < -0.39 is 0 Å². The van der Waals surface area contributed by atoms with Gasteiger partial charge in [-0.15, -0.1) is 11.8 Å². The largest absolute Gasteiger partial charge is 0.377 e. The Morgan fingerprint density at radius 2 is 2.32 bits per heavy atom.